The molecule has 0 atom stereocenters. The number of hydrogen-bond acceptors (Lipinski definition) is 4. The fraction of sp³-hybridized carbons (Fsp3) is 0.0435. The summed E-state index contributed by atoms with van der Waals surface area (Å²) < 4.78 is 1.57. The van der Waals surface area contributed by atoms with E-state index in [1.807, 2.05) is 37.4 Å². The predicted molar refractivity (Wildman–Crippen MR) is 114 cm³/mol. The Labute approximate surface area is 168 Å². The molecule has 2 aromatic heterocycles. The van der Waals surface area contributed by atoms with Crippen LogP contribution < -0.4 is 10.9 Å². The summed E-state index contributed by atoms with van der Waals surface area (Å²) in [6.45, 7) is 7.48. The van der Waals surface area contributed by atoms with Gasteiger partial charge in [0, 0.05) is 42.5 Å². The van der Waals surface area contributed by atoms with Crippen molar-refractivity contribution in [2.75, 3.05) is 12.4 Å². The van der Waals surface area contributed by atoms with Gasteiger partial charge in [-0.05, 0) is 35.9 Å². The fourth-order valence-electron chi connectivity index (χ4n) is 3.15. The Morgan fingerprint density at radius 1 is 0.966 bits per heavy atom. The molecule has 0 aliphatic heterocycles. The molecule has 140 valence electrons. The third kappa shape index (κ3) is 3.49. The highest BCUT2D eigenvalue weighted by molar-refractivity contribution is 5.80. The van der Waals surface area contributed by atoms with Crippen molar-refractivity contribution in [3.63, 3.8) is 0 Å². The zero-order chi connectivity index (χ0) is 20.2. The first-order chi connectivity index (χ1) is 14.2. The third-order valence-corrected chi connectivity index (χ3v) is 4.57. The van der Waals surface area contributed by atoms with E-state index in [-0.39, 0.29) is 5.56 Å². The van der Waals surface area contributed by atoms with Crippen LogP contribution >= 0.6 is 0 Å². The molecule has 0 aliphatic rings. The molecule has 0 saturated carbocycles. The molecule has 0 unspecified atom stereocenters. The number of hydrogen-bond donors (Lipinski definition) is 1. The quantitative estimate of drug-likeness (QED) is 0.529. The average molecular weight is 378 g/mol. The molecule has 0 saturated heterocycles. The smallest absolute Gasteiger partial charge is 0.261 e. The van der Waals surface area contributed by atoms with E-state index in [0.29, 0.717) is 33.9 Å². The van der Waals surface area contributed by atoms with Crippen LogP contribution in [0, 0.1) is 6.57 Å². The highest BCUT2D eigenvalue weighted by Crippen LogP contribution is 2.30. The lowest BCUT2D eigenvalue weighted by Gasteiger charge is -2.13. The van der Waals surface area contributed by atoms with Crippen LogP contribution in [0.25, 0.3) is 33.0 Å². The highest BCUT2D eigenvalue weighted by Gasteiger charge is 2.15. The standard InChI is InChI=1S/C23H17N5O/c1-24-17-7-5-8-18(14-17)28-15-16(22-26-11-6-12-27-22)13-20(23(28)29)19-9-3-4-10-21(19)25-2/h3-15,24H,1H3/i2-1. The van der Waals surface area contributed by atoms with Gasteiger partial charge in [0.2, 0.25) is 0 Å². The summed E-state index contributed by atoms with van der Waals surface area (Å²) in [6.07, 6.45) is 5.05. The highest BCUT2D eigenvalue weighted by atomic mass is 16.1. The maximum absolute atomic E-state index is 13.4. The van der Waals surface area contributed by atoms with Crippen molar-refractivity contribution < 1.29 is 0 Å². The van der Waals surface area contributed by atoms with E-state index in [2.05, 4.69) is 20.1 Å². The monoisotopic (exact) mass is 378 g/mol. The number of benzene rings is 2. The molecule has 6 heteroatoms. The average Bonchev–Trinajstić information content (AvgIpc) is 2.80. The largest absolute Gasteiger partial charge is 0.388 e. The molecule has 0 aliphatic carbocycles. The Morgan fingerprint density at radius 2 is 1.76 bits per heavy atom. The first-order valence-corrected chi connectivity index (χ1v) is 9.00. The van der Waals surface area contributed by atoms with Gasteiger partial charge in [-0.2, -0.15) is 0 Å². The molecular formula is C23H17N5O. The van der Waals surface area contributed by atoms with Crippen molar-refractivity contribution in [2.45, 2.75) is 0 Å². The van der Waals surface area contributed by atoms with E-state index in [0.717, 1.165) is 5.69 Å². The van der Waals surface area contributed by atoms with E-state index >= 15 is 0 Å². The molecule has 4 rings (SSSR count). The maximum Gasteiger partial charge on any atom is 0.261 e. The number of aromatic nitrogens is 3. The molecule has 0 spiro atoms. The Bertz CT molecular complexity index is 1270. The van der Waals surface area contributed by atoms with Gasteiger partial charge in [-0.1, -0.05) is 30.3 Å². The summed E-state index contributed by atoms with van der Waals surface area (Å²) in [6, 6.07) is 18.2. The summed E-state index contributed by atoms with van der Waals surface area (Å²) in [7, 11) is 1.83. The van der Waals surface area contributed by atoms with E-state index < -0.39 is 0 Å². The predicted octanol–water partition coefficient (Wildman–Crippen LogP) is 4.55. The molecule has 6 nitrogen and oxygen atoms in total. The molecule has 2 aromatic carbocycles. The van der Waals surface area contributed by atoms with Crippen molar-refractivity contribution in [3.8, 4) is 28.2 Å². The second-order valence-electron chi connectivity index (χ2n) is 6.32. The van der Waals surface area contributed by atoms with Crippen molar-refractivity contribution in [1.29, 1.82) is 0 Å². The zero-order valence-electron chi connectivity index (χ0n) is 15.7. The van der Waals surface area contributed by atoms with E-state index in [9.17, 15) is 4.79 Å². The van der Waals surface area contributed by atoms with Gasteiger partial charge in [0.1, 0.15) is 0 Å². The Balaban J connectivity index is 2.03. The van der Waals surface area contributed by atoms with Crippen LogP contribution in [0.4, 0.5) is 11.4 Å². The second-order valence-corrected chi connectivity index (χ2v) is 6.32. The Hall–Kier alpha value is -4.24. The molecule has 2 heterocycles. The lowest BCUT2D eigenvalue weighted by Crippen LogP contribution is -2.20. The van der Waals surface area contributed by atoms with Gasteiger partial charge in [-0.15, -0.1) is 0 Å². The number of anilines is 1. The third-order valence-electron chi connectivity index (χ3n) is 4.57. The maximum atomic E-state index is 13.4. The van der Waals surface area contributed by atoms with Gasteiger partial charge in [-0.25, -0.2) is 14.8 Å². The first-order valence-electron chi connectivity index (χ1n) is 9.00. The van der Waals surface area contributed by atoms with Gasteiger partial charge in [0.05, 0.1) is 12.3 Å². The number of nitrogens with one attached hydrogen (secondary N) is 1. The van der Waals surface area contributed by atoms with Crippen molar-refractivity contribution in [3.05, 3.63) is 101 Å². The van der Waals surface area contributed by atoms with Crippen LogP contribution in [-0.2, 0) is 0 Å². The summed E-state index contributed by atoms with van der Waals surface area (Å²) in [4.78, 5) is 25.7. The number of rotatable bonds is 4. The van der Waals surface area contributed by atoms with Crippen LogP contribution in [0.2, 0.25) is 0 Å². The van der Waals surface area contributed by atoms with Crippen molar-refractivity contribution in [2.24, 2.45) is 0 Å². The van der Waals surface area contributed by atoms with Gasteiger partial charge in [0.25, 0.3) is 5.56 Å². The summed E-state index contributed by atoms with van der Waals surface area (Å²) >= 11 is 0. The van der Waals surface area contributed by atoms with Gasteiger partial charge >= 0.3 is 0 Å². The van der Waals surface area contributed by atoms with Gasteiger partial charge < -0.3 is 5.32 Å². The summed E-state index contributed by atoms with van der Waals surface area (Å²) in [5.74, 6) is 0.507. The molecule has 1 N–H and O–H groups in total. The topological polar surface area (TPSA) is 64.2 Å². The van der Waals surface area contributed by atoms with E-state index in [1.54, 1.807) is 53.5 Å². The molecular weight excluding hydrogens is 361 g/mol. The Kier molecular flexibility index (Phi) is 4.87. The minimum absolute atomic E-state index is 0.214. The fourth-order valence-corrected chi connectivity index (χ4v) is 3.15. The van der Waals surface area contributed by atoms with Crippen LogP contribution in [0.15, 0.2) is 84.0 Å². The molecule has 0 bridgehead atoms. The summed E-state index contributed by atoms with van der Waals surface area (Å²) in [5.41, 5.74) is 3.51. The normalized spacial score (nSPS) is 10.3. The van der Waals surface area contributed by atoms with E-state index in [4.69, 9.17) is 6.57 Å². The molecule has 0 amide bonds. The van der Waals surface area contributed by atoms with Crippen LogP contribution in [-0.4, -0.2) is 21.6 Å². The second kappa shape index (κ2) is 7.79. The van der Waals surface area contributed by atoms with Crippen LogP contribution in [0.1, 0.15) is 0 Å². The molecule has 29 heavy (non-hydrogen) atoms. The minimum Gasteiger partial charge on any atom is -0.388 e. The Morgan fingerprint density at radius 3 is 2.52 bits per heavy atom. The molecule has 0 radical (unpaired) electrons. The van der Waals surface area contributed by atoms with Gasteiger partial charge in [-0.3, -0.25) is 9.36 Å². The number of para-hydroxylation sites is 1. The van der Waals surface area contributed by atoms with Crippen LogP contribution in [0.5, 0.6) is 0 Å². The lowest BCUT2D eigenvalue weighted by atomic mass is 10.0. The first kappa shape index (κ1) is 18.1. The number of pyridine rings is 1. The van der Waals surface area contributed by atoms with Crippen molar-refractivity contribution in [1.82, 2.24) is 14.5 Å². The van der Waals surface area contributed by atoms with Crippen LogP contribution in [0.3, 0.4) is 0 Å². The van der Waals surface area contributed by atoms with Crippen molar-refractivity contribution >= 4 is 11.4 Å². The SMILES string of the molecule is CNc1cccc(-n2cc(-c3ncccn3)cc(-c3ccccc3[N+]#[11C-])c2=O)c1. The minimum atomic E-state index is -0.214. The number of nitrogens with zero attached hydrogens (tertiary/aromatic N) is 4. The van der Waals surface area contributed by atoms with Gasteiger partial charge in [0.15, 0.2) is 11.5 Å². The van der Waals surface area contributed by atoms with E-state index in [1.165, 1.54) is 0 Å². The molecule has 4 aromatic rings. The zero-order valence-corrected chi connectivity index (χ0v) is 15.7. The molecule has 0 fully saturated rings. The summed E-state index contributed by atoms with van der Waals surface area (Å²) in [5, 5.41) is 3.09. The lowest BCUT2D eigenvalue weighted by molar-refractivity contribution is 0.990.